The van der Waals surface area contributed by atoms with E-state index >= 15 is 0 Å². The van der Waals surface area contributed by atoms with Crippen LogP contribution in [0.15, 0.2) is 160 Å². The first-order chi connectivity index (χ1) is 69.5. The van der Waals surface area contributed by atoms with E-state index in [1.807, 2.05) is 119 Å². The fourth-order valence-corrected chi connectivity index (χ4v) is 24.3. The summed E-state index contributed by atoms with van der Waals surface area (Å²) in [5.74, 6) is 9.07. The zero-order valence-corrected chi connectivity index (χ0v) is 107. The summed E-state index contributed by atoms with van der Waals surface area (Å²) in [4.78, 5) is 73.2. The van der Waals surface area contributed by atoms with Crippen molar-refractivity contribution in [2.24, 2.45) is 0 Å². The van der Waals surface area contributed by atoms with Gasteiger partial charge in [0.2, 0.25) is 0 Å². The summed E-state index contributed by atoms with van der Waals surface area (Å²) in [5, 5.41) is 2.36. The average Bonchev–Trinajstić information content (AvgIpc) is 0.502. The third-order valence-corrected chi connectivity index (χ3v) is 30.5. The van der Waals surface area contributed by atoms with E-state index < -0.39 is 20.6 Å². The molecule has 0 aliphatic rings. The maximum absolute atomic E-state index is 12.2. The maximum atomic E-state index is 12.2. The highest BCUT2D eigenvalue weighted by atomic mass is 32.2. The minimum atomic E-state index is -3.14. The van der Waals surface area contributed by atoms with Crippen LogP contribution < -0.4 is 0 Å². The number of amides is 2. The van der Waals surface area contributed by atoms with Crippen LogP contribution in [-0.4, -0.2) is 156 Å². The first-order valence-corrected chi connectivity index (χ1v) is 62.7. The quantitative estimate of drug-likeness (QED) is 0.0460. The van der Waals surface area contributed by atoms with Gasteiger partial charge in [-0.2, -0.15) is 23.5 Å². The SMILES string of the molecule is C.CC(C)c1cccc(C(=O)N(C)C)c1C(C)C.CC(C)c1ncnc(C(C)C)c1C(C)C.CCc1ccnc(SC)c1C(C)C.CSCc1ccnc(C)c1C(C)C.CSCc1nccc(C)c1C(C)C.CSc1ccnc(C)c1C(C)C.CSc1nccc(C)c1C(C)C.Cc1cc(C(=O)N(C)C)cc(C)c1C(C)C.Cc1ccnc(C)c1C(C)C.Cc1nccc(S(C)(=O)=O)c1C(C)C.Cc1nccc(S(C)=O)c1C(C)C. The molecule has 1 atom stereocenters. The number of carbonyl (C=O) groups is 2. The lowest BCUT2D eigenvalue weighted by Gasteiger charge is -2.21. The molecule has 11 rings (SSSR count). The van der Waals surface area contributed by atoms with Crippen LogP contribution >= 0.6 is 58.8 Å². The predicted octanol–water partition coefficient (Wildman–Crippen LogP) is 34.9. The van der Waals surface area contributed by atoms with Crippen molar-refractivity contribution in [3.63, 3.8) is 0 Å². The number of aromatic nitrogens is 10. The molecule has 17 nitrogen and oxygen atoms in total. The van der Waals surface area contributed by atoms with E-state index in [1.165, 1.54) is 150 Å². The summed E-state index contributed by atoms with van der Waals surface area (Å²) in [6.45, 7) is 83.9. The summed E-state index contributed by atoms with van der Waals surface area (Å²) in [6, 6.07) is 26.1. The van der Waals surface area contributed by atoms with Crippen molar-refractivity contribution >= 4 is 91.3 Å². The first kappa shape index (κ1) is 142. The van der Waals surface area contributed by atoms with E-state index in [-0.39, 0.29) is 25.2 Å². The smallest absolute Gasteiger partial charge is 0.253 e. The zero-order valence-electron chi connectivity index (χ0n) is 101. The van der Waals surface area contributed by atoms with Gasteiger partial charge in [-0.15, -0.1) is 35.3 Å². The second kappa shape index (κ2) is 70.8. The number of aryl methyl sites for hydroxylation is 11. The van der Waals surface area contributed by atoms with Crippen LogP contribution in [0.3, 0.4) is 0 Å². The Bertz CT molecular complexity index is 5850. The monoisotopic (exact) mass is 2180 g/mol. The van der Waals surface area contributed by atoms with Crippen LogP contribution in [0.2, 0.25) is 0 Å². The summed E-state index contributed by atoms with van der Waals surface area (Å²) < 4.78 is 34.4. The molecule has 0 aliphatic carbocycles. The van der Waals surface area contributed by atoms with Gasteiger partial charge in [0.1, 0.15) is 6.33 Å². The molecular formula is C126H196N12O5S7. The molecule has 2 aromatic carbocycles. The van der Waals surface area contributed by atoms with Crippen LogP contribution in [0.4, 0.5) is 0 Å². The van der Waals surface area contributed by atoms with Crippen LogP contribution in [-0.2, 0) is 38.6 Å². The molecule has 9 heterocycles. The van der Waals surface area contributed by atoms with Crippen LogP contribution in [0, 0.1) is 69.2 Å². The van der Waals surface area contributed by atoms with Gasteiger partial charge < -0.3 is 9.80 Å². The maximum Gasteiger partial charge on any atom is 0.253 e. The van der Waals surface area contributed by atoms with Crippen LogP contribution in [0.1, 0.15) is 463 Å². The largest absolute Gasteiger partial charge is 0.345 e. The summed E-state index contributed by atoms with van der Waals surface area (Å²) in [5.41, 5.74) is 35.6. The Labute approximate surface area is 937 Å². The van der Waals surface area contributed by atoms with E-state index in [1.54, 1.807) is 98.1 Å². The molecule has 0 spiro atoms. The Balaban J connectivity index is 0.00000163. The molecule has 2 amide bonds. The lowest BCUT2D eigenvalue weighted by molar-refractivity contribution is 0.0819. The molecule has 0 bridgehead atoms. The minimum Gasteiger partial charge on any atom is -0.345 e. The molecular weight excluding hydrogens is 1990 g/mol. The van der Waals surface area contributed by atoms with E-state index in [2.05, 4.69) is 366 Å². The number of sulfone groups is 1. The van der Waals surface area contributed by atoms with E-state index in [9.17, 15) is 22.2 Å². The molecule has 0 N–H and O–H groups in total. The summed E-state index contributed by atoms with van der Waals surface area (Å²) >= 11 is 8.97. The third kappa shape index (κ3) is 45.1. The van der Waals surface area contributed by atoms with Crippen molar-refractivity contribution < 1.29 is 22.2 Å². The van der Waals surface area contributed by atoms with Crippen LogP contribution in [0.5, 0.6) is 0 Å². The van der Waals surface area contributed by atoms with Gasteiger partial charge in [-0.1, -0.05) is 220 Å². The molecule has 832 valence electrons. The second-order valence-corrected chi connectivity index (χ2v) is 50.1. The highest BCUT2D eigenvalue weighted by Crippen LogP contribution is 2.37. The van der Waals surface area contributed by atoms with Crippen molar-refractivity contribution in [2.75, 3.05) is 72.0 Å². The molecule has 150 heavy (non-hydrogen) atoms. The normalized spacial score (nSPS) is 11.2. The number of hydrogen-bond acceptors (Lipinski definition) is 20. The lowest BCUT2D eigenvalue weighted by atomic mass is 9.86. The molecule has 0 aliphatic heterocycles. The number of pyridine rings is 8. The fraction of sp³-hybridized carbons (Fsp3) is 0.540. The molecule has 11 aromatic rings. The van der Waals surface area contributed by atoms with Crippen molar-refractivity contribution in [3.05, 3.63) is 297 Å². The molecule has 9 aromatic heterocycles. The van der Waals surface area contributed by atoms with Gasteiger partial charge in [0.05, 0.1) is 42.8 Å². The number of thioether (sulfide) groups is 5. The van der Waals surface area contributed by atoms with E-state index in [0.717, 1.165) is 62.2 Å². The molecule has 1 unspecified atom stereocenters. The molecule has 0 radical (unpaired) electrons. The van der Waals surface area contributed by atoms with Gasteiger partial charge >= 0.3 is 0 Å². The second-order valence-electron chi connectivity index (χ2n) is 42.6. The highest BCUT2D eigenvalue weighted by molar-refractivity contribution is 7.99. The summed E-state index contributed by atoms with van der Waals surface area (Å²) in [7, 11) is 3.11. The first-order valence-electron chi connectivity index (χ1n) is 52.8. The Morgan fingerprint density at radius 2 is 0.700 bits per heavy atom. The predicted molar refractivity (Wildman–Crippen MR) is 661 cm³/mol. The lowest BCUT2D eigenvalue weighted by Crippen LogP contribution is -2.24. The van der Waals surface area contributed by atoms with Gasteiger partial charge in [-0.3, -0.25) is 43.7 Å². The standard InChI is InChI=1S/C15H23NO.C14H21NO.C13H22N2.3C11H17NS.C10H15NO2S.C10H15NOS.2C10H15NS.C10H15N.CH4/c1-10(2)12-8-7-9-13(14(12)11(3)4)15(17)16(5)6;1-9(2)13-10(3)7-12(8-11(13)4)14(16)15(5)6;1-8(2)11-12(9(3)4)14-7-15-13(11)10(5)6;1-8(2)11-9(3)12-6-5-10(11)7-13-4;1-8(2)11-9(3)5-6-12-10(11)7-13-4;1-5-9-6-7-12-11(13-4)10(9)8(2)3;1-7(2)10-8(3)11-6-5-9(10)14(4,12)13;1-7(2)10-8(3)11-6-5-9(10)13(4)12;1-7(2)10-8(3)11-6-5-9(10)12-4;1-7(2)9-8(3)5-6-11-10(9)12-4;1-7(2)10-8(3)5-6-11-9(10)4;/h7-11H,1-6H3;7-9H,1-6H3;7-10H,1-6H3;2*5-6,8H,7H2,1-4H3;6-8H,5H2,1-4H3;5-7H,1-4H3;5-7H,1-4H3;2*5-7H,1-4H3;5-7H,1-4H3;1H4. The van der Waals surface area contributed by atoms with Gasteiger partial charge in [0.25, 0.3) is 11.8 Å². The fourth-order valence-electron chi connectivity index (χ4n) is 18.8. The minimum absolute atomic E-state index is 0. The van der Waals surface area contributed by atoms with E-state index in [0.29, 0.717) is 81.8 Å². The number of hydrogen-bond donors (Lipinski definition) is 0. The van der Waals surface area contributed by atoms with Gasteiger partial charge in [-0.25, -0.2) is 28.4 Å². The number of rotatable bonds is 26. The Morgan fingerprint density at radius 3 is 1.05 bits per heavy atom. The number of carbonyl (C=O) groups excluding carboxylic acids is 2. The van der Waals surface area contributed by atoms with Crippen molar-refractivity contribution in [3.8, 4) is 0 Å². The third-order valence-electron chi connectivity index (χ3n) is 25.0. The summed E-state index contributed by atoms with van der Waals surface area (Å²) in [6.07, 6.45) is 30.9. The number of benzene rings is 2. The van der Waals surface area contributed by atoms with E-state index in [4.69, 9.17) is 0 Å². The Morgan fingerprint density at radius 1 is 0.340 bits per heavy atom. The van der Waals surface area contributed by atoms with Crippen LogP contribution in [0.25, 0.3) is 0 Å². The van der Waals surface area contributed by atoms with Gasteiger partial charge in [0.15, 0.2) is 9.84 Å². The van der Waals surface area contributed by atoms with Gasteiger partial charge in [0, 0.05) is 151 Å². The molecule has 0 saturated heterocycles. The Kier molecular flexibility index (Phi) is 66.8. The number of nitrogens with zero attached hydrogens (tertiary/aromatic N) is 12. The van der Waals surface area contributed by atoms with Gasteiger partial charge in [-0.05, 0) is 362 Å². The Hall–Kier alpha value is -8.49. The average molecular weight is 2180 g/mol. The topological polar surface area (TPSA) is 221 Å². The zero-order chi connectivity index (χ0) is 114. The molecule has 24 heteroatoms. The molecule has 0 saturated carbocycles. The highest BCUT2D eigenvalue weighted by Gasteiger charge is 2.25. The van der Waals surface area contributed by atoms with Crippen molar-refractivity contribution in [1.82, 2.24) is 59.6 Å². The van der Waals surface area contributed by atoms with Crippen molar-refractivity contribution in [1.29, 1.82) is 0 Å². The van der Waals surface area contributed by atoms with Crippen molar-refractivity contribution in [2.45, 2.75) is 403 Å². The molecule has 0 fully saturated rings.